The number of benzene rings is 4. The molecule has 5 heteroatoms. The van der Waals surface area contributed by atoms with Gasteiger partial charge in [0.25, 0.3) is 5.91 Å². The van der Waals surface area contributed by atoms with E-state index in [0.717, 1.165) is 39.1 Å². The average molecular weight is 571 g/mol. The molecule has 1 heterocycles. The van der Waals surface area contributed by atoms with Gasteiger partial charge in [-0.25, -0.2) is 0 Å². The molecule has 1 fully saturated rings. The van der Waals surface area contributed by atoms with Gasteiger partial charge in [-0.05, 0) is 97.3 Å². The van der Waals surface area contributed by atoms with Gasteiger partial charge in [0.05, 0.1) is 5.92 Å². The van der Waals surface area contributed by atoms with Crippen molar-refractivity contribution in [2.24, 2.45) is 0 Å². The Labute approximate surface area is 253 Å². The summed E-state index contributed by atoms with van der Waals surface area (Å²) < 4.78 is 6.02. The van der Waals surface area contributed by atoms with Gasteiger partial charge in [-0.1, -0.05) is 73.9 Å². The van der Waals surface area contributed by atoms with Gasteiger partial charge in [0.1, 0.15) is 11.3 Å². The number of furan rings is 1. The molecule has 0 spiro atoms. The first-order valence-electron chi connectivity index (χ1n) is 15.4. The van der Waals surface area contributed by atoms with Crippen molar-refractivity contribution in [1.29, 1.82) is 0 Å². The number of fused-ring (bicyclic) bond motifs is 1. The topological polar surface area (TPSA) is 71.3 Å². The van der Waals surface area contributed by atoms with Gasteiger partial charge < -0.3 is 15.1 Å². The normalized spacial score (nSPS) is 14.3. The van der Waals surface area contributed by atoms with Crippen LogP contribution in [0.3, 0.4) is 0 Å². The van der Waals surface area contributed by atoms with Crippen LogP contribution < -0.4 is 10.6 Å². The Kier molecular flexibility index (Phi) is 8.69. The highest BCUT2D eigenvalue weighted by atomic mass is 16.3. The fourth-order valence-corrected chi connectivity index (χ4v) is 6.16. The predicted octanol–water partition coefficient (Wildman–Crippen LogP) is 8.86. The highest BCUT2D eigenvalue weighted by molar-refractivity contribution is 5.96. The molecule has 0 bridgehead atoms. The molecule has 5 nitrogen and oxygen atoms in total. The van der Waals surface area contributed by atoms with Crippen LogP contribution in [0.15, 0.2) is 108 Å². The Morgan fingerprint density at radius 3 is 2.26 bits per heavy atom. The minimum Gasteiger partial charge on any atom is -0.456 e. The zero-order valence-corrected chi connectivity index (χ0v) is 24.6. The molecular weight excluding hydrogens is 532 g/mol. The first-order valence-corrected chi connectivity index (χ1v) is 15.4. The van der Waals surface area contributed by atoms with Crippen LogP contribution in [0.5, 0.6) is 0 Å². The molecule has 1 aliphatic rings. The van der Waals surface area contributed by atoms with E-state index in [4.69, 9.17) is 4.42 Å². The monoisotopic (exact) mass is 570 g/mol. The fourth-order valence-electron chi connectivity index (χ4n) is 6.16. The summed E-state index contributed by atoms with van der Waals surface area (Å²) in [6, 6.07) is 34.0. The lowest BCUT2D eigenvalue weighted by atomic mass is 9.83. The van der Waals surface area contributed by atoms with Gasteiger partial charge in [-0.3, -0.25) is 9.59 Å². The predicted molar refractivity (Wildman–Crippen MR) is 173 cm³/mol. The van der Waals surface area contributed by atoms with Crippen LogP contribution in [0.2, 0.25) is 0 Å². The zero-order valence-electron chi connectivity index (χ0n) is 24.6. The molecule has 4 aromatic carbocycles. The summed E-state index contributed by atoms with van der Waals surface area (Å²) in [5, 5.41) is 7.06. The van der Waals surface area contributed by atoms with Crippen LogP contribution in [0.1, 0.15) is 77.9 Å². The Morgan fingerprint density at radius 1 is 0.837 bits per heavy atom. The van der Waals surface area contributed by atoms with Gasteiger partial charge in [-0.15, -0.1) is 0 Å². The van der Waals surface area contributed by atoms with Crippen molar-refractivity contribution in [2.45, 2.75) is 57.3 Å². The third kappa shape index (κ3) is 6.72. The Balaban J connectivity index is 1.22. The van der Waals surface area contributed by atoms with E-state index in [9.17, 15) is 9.59 Å². The second-order valence-corrected chi connectivity index (χ2v) is 11.5. The molecule has 0 saturated heterocycles. The molecule has 5 aromatic rings. The molecule has 218 valence electrons. The smallest absolute Gasteiger partial charge is 0.251 e. The number of para-hydroxylation sites is 1. The van der Waals surface area contributed by atoms with Crippen LogP contribution in [-0.4, -0.2) is 18.4 Å². The fraction of sp³-hybridized carbons (Fsp3) is 0.263. The number of anilines is 1. The molecule has 1 aromatic heterocycles. The third-order valence-corrected chi connectivity index (χ3v) is 8.59. The maximum absolute atomic E-state index is 13.8. The third-order valence-electron chi connectivity index (χ3n) is 8.59. The first-order chi connectivity index (χ1) is 21.1. The summed E-state index contributed by atoms with van der Waals surface area (Å²) >= 11 is 0. The zero-order chi connectivity index (χ0) is 29.6. The molecule has 1 atom stereocenters. The lowest BCUT2D eigenvalue weighted by Crippen LogP contribution is -2.24. The van der Waals surface area contributed by atoms with Crippen LogP contribution >= 0.6 is 0 Å². The maximum atomic E-state index is 13.8. The van der Waals surface area contributed by atoms with Crippen LogP contribution in [0.25, 0.3) is 22.3 Å². The Morgan fingerprint density at radius 2 is 1.56 bits per heavy atom. The number of carbonyl (C=O) groups excluding carboxylic acids is 2. The Hall–Kier alpha value is -4.64. The van der Waals surface area contributed by atoms with E-state index in [1.54, 1.807) is 0 Å². The van der Waals surface area contributed by atoms with Gasteiger partial charge >= 0.3 is 0 Å². The first kappa shape index (κ1) is 28.5. The van der Waals surface area contributed by atoms with Crippen molar-refractivity contribution in [2.75, 3.05) is 11.9 Å². The van der Waals surface area contributed by atoms with E-state index < -0.39 is 0 Å². The van der Waals surface area contributed by atoms with E-state index >= 15 is 0 Å². The molecule has 0 radical (unpaired) electrons. The van der Waals surface area contributed by atoms with E-state index in [1.807, 2.05) is 85.8 Å². The maximum Gasteiger partial charge on any atom is 0.251 e. The van der Waals surface area contributed by atoms with Crippen molar-refractivity contribution in [3.8, 4) is 11.3 Å². The van der Waals surface area contributed by atoms with Crippen LogP contribution in [0.4, 0.5) is 5.69 Å². The van der Waals surface area contributed by atoms with Crippen molar-refractivity contribution < 1.29 is 14.0 Å². The number of rotatable bonds is 9. The number of amides is 2. The molecule has 2 amide bonds. The SMILES string of the molecule is CCNC(=O)c1ccc(CC(C(=O)Nc2ccc(-c3cc4ccccc4o3)cc2)c2ccc(C3CCCCC3)cc2)cc1. The second kappa shape index (κ2) is 13.1. The average Bonchev–Trinajstić information content (AvgIpc) is 3.49. The summed E-state index contributed by atoms with van der Waals surface area (Å²) in [7, 11) is 0. The van der Waals surface area contributed by atoms with Crippen molar-refractivity contribution in [1.82, 2.24) is 5.32 Å². The molecule has 1 aliphatic carbocycles. The van der Waals surface area contributed by atoms with Gasteiger partial charge in [0.2, 0.25) is 5.91 Å². The summed E-state index contributed by atoms with van der Waals surface area (Å²) in [4.78, 5) is 26.1. The van der Waals surface area contributed by atoms with Gasteiger partial charge in [-0.2, -0.15) is 0 Å². The van der Waals surface area contributed by atoms with Crippen molar-refractivity contribution in [3.05, 3.63) is 125 Å². The summed E-state index contributed by atoms with van der Waals surface area (Å²) in [5.41, 5.74) is 6.53. The van der Waals surface area contributed by atoms with Crippen LogP contribution in [-0.2, 0) is 11.2 Å². The van der Waals surface area contributed by atoms with Crippen molar-refractivity contribution in [3.63, 3.8) is 0 Å². The molecule has 43 heavy (non-hydrogen) atoms. The number of carbonyl (C=O) groups is 2. The Bertz CT molecular complexity index is 1650. The summed E-state index contributed by atoms with van der Waals surface area (Å²) in [5.74, 6) is 0.876. The molecule has 6 rings (SSSR count). The van der Waals surface area contributed by atoms with Crippen LogP contribution in [0, 0.1) is 0 Å². The van der Waals surface area contributed by atoms with Crippen molar-refractivity contribution >= 4 is 28.5 Å². The second-order valence-electron chi connectivity index (χ2n) is 11.5. The lowest BCUT2D eigenvalue weighted by molar-refractivity contribution is -0.117. The van der Waals surface area contributed by atoms with E-state index in [1.165, 1.54) is 37.7 Å². The van der Waals surface area contributed by atoms with E-state index in [-0.39, 0.29) is 17.7 Å². The largest absolute Gasteiger partial charge is 0.456 e. The molecular formula is C38H38N2O3. The quantitative estimate of drug-likeness (QED) is 0.186. The minimum atomic E-state index is -0.384. The molecule has 1 saturated carbocycles. The summed E-state index contributed by atoms with van der Waals surface area (Å²) in [6.45, 7) is 2.49. The highest BCUT2D eigenvalue weighted by Crippen LogP contribution is 2.34. The molecule has 0 aliphatic heterocycles. The minimum absolute atomic E-state index is 0.0605. The molecule has 2 N–H and O–H groups in total. The van der Waals surface area contributed by atoms with Gasteiger partial charge in [0, 0.05) is 28.7 Å². The molecule has 1 unspecified atom stereocenters. The number of hydrogen-bond acceptors (Lipinski definition) is 3. The summed E-state index contributed by atoms with van der Waals surface area (Å²) in [6.07, 6.45) is 6.92. The van der Waals surface area contributed by atoms with E-state index in [0.29, 0.717) is 24.4 Å². The lowest BCUT2D eigenvalue weighted by Gasteiger charge is -2.23. The van der Waals surface area contributed by atoms with E-state index in [2.05, 4.69) is 34.9 Å². The number of nitrogens with one attached hydrogen (secondary N) is 2. The standard InChI is InChI=1S/C38H38N2O3/c1-2-39-37(41)31-14-12-26(13-15-31)24-34(29-18-16-28(17-19-29)27-8-4-3-5-9-27)38(42)40-33-22-20-30(21-23-33)36-25-32-10-6-7-11-35(32)43-36/h6-7,10-23,25,27,34H,2-5,8-9,24H2,1H3,(H,39,41)(H,40,42). The van der Waals surface area contributed by atoms with Gasteiger partial charge in [0.15, 0.2) is 0 Å². The number of hydrogen-bond donors (Lipinski definition) is 2. The highest BCUT2D eigenvalue weighted by Gasteiger charge is 2.23.